The Morgan fingerprint density at radius 1 is 1.39 bits per heavy atom. The van der Waals surface area contributed by atoms with Gasteiger partial charge in [-0.15, -0.1) is 0 Å². The van der Waals surface area contributed by atoms with E-state index in [1.165, 1.54) is 11.1 Å². The summed E-state index contributed by atoms with van der Waals surface area (Å²) in [5.41, 5.74) is 8.69. The zero-order valence-corrected chi connectivity index (χ0v) is 11.6. The van der Waals surface area contributed by atoms with Crippen LogP contribution >= 0.6 is 0 Å². The number of hydrogen-bond donors (Lipinski definition) is 2. The van der Waals surface area contributed by atoms with Crippen molar-refractivity contribution >= 4 is 0 Å². The van der Waals surface area contributed by atoms with Crippen LogP contribution in [-0.4, -0.2) is 19.2 Å². The first kappa shape index (κ1) is 13.4. The number of nitrogens with two attached hydrogens (primary N) is 1. The van der Waals surface area contributed by atoms with Crippen molar-refractivity contribution in [2.75, 3.05) is 13.7 Å². The third-order valence-corrected chi connectivity index (χ3v) is 3.61. The quantitative estimate of drug-likeness (QED) is 0.812. The molecule has 100 valence electrons. The first-order valence-electron chi connectivity index (χ1n) is 6.70. The first-order valence-corrected chi connectivity index (χ1v) is 6.70. The summed E-state index contributed by atoms with van der Waals surface area (Å²) >= 11 is 0. The smallest absolute Gasteiger partial charge is 0.122 e. The van der Waals surface area contributed by atoms with Crippen molar-refractivity contribution in [2.45, 2.75) is 44.7 Å². The molecule has 18 heavy (non-hydrogen) atoms. The Morgan fingerprint density at radius 2 is 2.11 bits per heavy atom. The number of hydrogen-bond acceptors (Lipinski definition) is 3. The molecule has 1 fully saturated rings. The van der Waals surface area contributed by atoms with E-state index in [-0.39, 0.29) is 5.54 Å². The molecule has 3 N–H and O–H groups in total. The van der Waals surface area contributed by atoms with Crippen molar-refractivity contribution in [2.24, 2.45) is 5.73 Å². The van der Waals surface area contributed by atoms with E-state index in [2.05, 4.69) is 37.4 Å². The molecule has 0 bridgehead atoms. The third kappa shape index (κ3) is 3.24. The van der Waals surface area contributed by atoms with Gasteiger partial charge in [0.25, 0.3) is 0 Å². The Labute approximate surface area is 110 Å². The molecule has 0 radical (unpaired) electrons. The normalized spacial score (nSPS) is 16.9. The van der Waals surface area contributed by atoms with Gasteiger partial charge in [-0.3, -0.25) is 0 Å². The van der Waals surface area contributed by atoms with E-state index < -0.39 is 0 Å². The lowest BCUT2D eigenvalue weighted by atomic mass is 9.99. The second kappa shape index (κ2) is 5.29. The summed E-state index contributed by atoms with van der Waals surface area (Å²) in [6.07, 6.45) is 2.31. The van der Waals surface area contributed by atoms with Crippen molar-refractivity contribution < 1.29 is 4.74 Å². The van der Waals surface area contributed by atoms with Crippen molar-refractivity contribution in [3.05, 3.63) is 29.3 Å². The van der Waals surface area contributed by atoms with Gasteiger partial charge in [-0.1, -0.05) is 26.0 Å². The van der Waals surface area contributed by atoms with Gasteiger partial charge in [0.1, 0.15) is 5.75 Å². The Kier molecular flexibility index (Phi) is 3.93. The maximum Gasteiger partial charge on any atom is 0.122 e. The Balaban J connectivity index is 1.97. The van der Waals surface area contributed by atoms with Crippen LogP contribution in [0.15, 0.2) is 18.2 Å². The summed E-state index contributed by atoms with van der Waals surface area (Å²) in [5.74, 6) is 1.45. The fourth-order valence-corrected chi connectivity index (χ4v) is 2.14. The molecule has 0 aliphatic heterocycles. The lowest BCUT2D eigenvalue weighted by molar-refractivity contribution is 0.407. The zero-order chi connectivity index (χ0) is 13.2. The second-order valence-electron chi connectivity index (χ2n) is 5.70. The van der Waals surface area contributed by atoms with Crippen LogP contribution in [0, 0.1) is 0 Å². The first-order chi connectivity index (χ1) is 8.54. The summed E-state index contributed by atoms with van der Waals surface area (Å²) in [5, 5.41) is 3.44. The zero-order valence-electron chi connectivity index (χ0n) is 11.6. The van der Waals surface area contributed by atoms with Gasteiger partial charge in [-0.25, -0.2) is 0 Å². The molecule has 2 rings (SSSR count). The molecule has 0 spiro atoms. The highest BCUT2D eigenvalue weighted by Gasteiger charge is 2.37. The standard InChI is InChI=1S/C15H24N2O/c1-11(2)13-8-12(4-5-14(13)18-3)9-17-10-15(16)6-7-15/h4-5,8,11,17H,6-7,9-10,16H2,1-3H3. The summed E-state index contributed by atoms with van der Waals surface area (Å²) < 4.78 is 5.39. The fourth-order valence-electron chi connectivity index (χ4n) is 2.14. The van der Waals surface area contributed by atoms with Crippen molar-refractivity contribution in [3.8, 4) is 5.75 Å². The van der Waals surface area contributed by atoms with Crippen LogP contribution in [0.2, 0.25) is 0 Å². The highest BCUT2D eigenvalue weighted by molar-refractivity contribution is 5.39. The van der Waals surface area contributed by atoms with E-state index in [0.29, 0.717) is 5.92 Å². The van der Waals surface area contributed by atoms with Gasteiger partial charge < -0.3 is 15.8 Å². The van der Waals surface area contributed by atoms with E-state index in [9.17, 15) is 0 Å². The number of benzene rings is 1. The largest absolute Gasteiger partial charge is 0.496 e. The number of methoxy groups -OCH3 is 1. The van der Waals surface area contributed by atoms with E-state index in [4.69, 9.17) is 10.5 Å². The minimum absolute atomic E-state index is 0.0767. The molecule has 0 unspecified atom stereocenters. The summed E-state index contributed by atoms with van der Waals surface area (Å²) in [6, 6.07) is 6.40. The van der Waals surface area contributed by atoms with E-state index >= 15 is 0 Å². The molecule has 1 aliphatic carbocycles. The van der Waals surface area contributed by atoms with E-state index in [1.807, 2.05) is 0 Å². The summed E-state index contributed by atoms with van der Waals surface area (Å²) in [7, 11) is 1.73. The van der Waals surface area contributed by atoms with E-state index in [1.54, 1.807) is 7.11 Å². The minimum atomic E-state index is 0.0767. The van der Waals surface area contributed by atoms with Crippen molar-refractivity contribution in [1.29, 1.82) is 0 Å². The van der Waals surface area contributed by atoms with Gasteiger partial charge >= 0.3 is 0 Å². The van der Waals surface area contributed by atoms with Crippen LogP contribution < -0.4 is 15.8 Å². The van der Waals surface area contributed by atoms with Crippen LogP contribution in [-0.2, 0) is 6.54 Å². The Hall–Kier alpha value is -1.06. The highest BCUT2D eigenvalue weighted by Crippen LogP contribution is 2.31. The van der Waals surface area contributed by atoms with Crippen molar-refractivity contribution in [1.82, 2.24) is 5.32 Å². The molecule has 1 aliphatic rings. The van der Waals surface area contributed by atoms with Crippen LogP contribution in [0.3, 0.4) is 0 Å². The Bertz CT molecular complexity index is 411. The number of ether oxygens (including phenoxy) is 1. The average Bonchev–Trinajstić information content (AvgIpc) is 3.07. The summed E-state index contributed by atoms with van der Waals surface area (Å²) in [6.45, 7) is 6.17. The van der Waals surface area contributed by atoms with Crippen LogP contribution in [0.25, 0.3) is 0 Å². The van der Waals surface area contributed by atoms with Gasteiger partial charge in [0.2, 0.25) is 0 Å². The van der Waals surface area contributed by atoms with Crippen LogP contribution in [0.5, 0.6) is 5.75 Å². The molecule has 0 saturated heterocycles. The van der Waals surface area contributed by atoms with Gasteiger partial charge in [-0.05, 0) is 36.0 Å². The monoisotopic (exact) mass is 248 g/mol. The van der Waals surface area contributed by atoms with Gasteiger partial charge in [0, 0.05) is 18.6 Å². The molecule has 3 heteroatoms. The predicted octanol–water partition coefficient (Wildman–Crippen LogP) is 2.40. The summed E-state index contributed by atoms with van der Waals surface area (Å²) in [4.78, 5) is 0. The average molecular weight is 248 g/mol. The highest BCUT2D eigenvalue weighted by atomic mass is 16.5. The molecule has 0 amide bonds. The van der Waals surface area contributed by atoms with Gasteiger partial charge in [-0.2, -0.15) is 0 Å². The van der Waals surface area contributed by atoms with Crippen molar-refractivity contribution in [3.63, 3.8) is 0 Å². The third-order valence-electron chi connectivity index (χ3n) is 3.61. The predicted molar refractivity (Wildman–Crippen MR) is 74.9 cm³/mol. The molecule has 3 nitrogen and oxygen atoms in total. The lowest BCUT2D eigenvalue weighted by Gasteiger charge is -2.15. The molecule has 0 aromatic heterocycles. The molecule has 0 heterocycles. The van der Waals surface area contributed by atoms with Crippen LogP contribution in [0.1, 0.15) is 43.7 Å². The molecular formula is C15H24N2O. The van der Waals surface area contributed by atoms with Crippen LogP contribution in [0.4, 0.5) is 0 Å². The molecule has 0 atom stereocenters. The van der Waals surface area contributed by atoms with Gasteiger partial charge in [0.05, 0.1) is 7.11 Å². The second-order valence-corrected chi connectivity index (χ2v) is 5.70. The topological polar surface area (TPSA) is 47.3 Å². The number of nitrogens with one attached hydrogen (secondary N) is 1. The van der Waals surface area contributed by atoms with E-state index in [0.717, 1.165) is 31.7 Å². The fraction of sp³-hybridized carbons (Fsp3) is 0.600. The SMILES string of the molecule is COc1ccc(CNCC2(N)CC2)cc1C(C)C. The minimum Gasteiger partial charge on any atom is -0.496 e. The van der Waals surface area contributed by atoms with Gasteiger partial charge in [0.15, 0.2) is 0 Å². The maximum atomic E-state index is 6.05. The Morgan fingerprint density at radius 3 is 2.67 bits per heavy atom. The molecule has 1 aromatic carbocycles. The number of rotatable bonds is 6. The molecule has 1 saturated carbocycles. The molecule has 1 aromatic rings. The lowest BCUT2D eigenvalue weighted by Crippen LogP contribution is -2.35. The maximum absolute atomic E-state index is 6.05. The molecular weight excluding hydrogens is 224 g/mol.